The van der Waals surface area contributed by atoms with Crippen molar-refractivity contribution in [3.63, 3.8) is 0 Å². The van der Waals surface area contributed by atoms with E-state index in [0.717, 1.165) is 215 Å². The third-order valence-electron chi connectivity index (χ3n) is 20.9. The third kappa shape index (κ3) is 8.57. The summed E-state index contributed by atoms with van der Waals surface area (Å²) >= 11 is 0. The molecule has 0 amide bonds. The van der Waals surface area contributed by atoms with Crippen LogP contribution < -0.4 is 0 Å². The van der Waals surface area contributed by atoms with Crippen LogP contribution in [-0.2, 0) is 0 Å². The van der Waals surface area contributed by atoms with Crippen LogP contribution in [0.25, 0.3) is 221 Å². The molecule has 8 heteroatoms. The minimum Gasteiger partial charge on any atom is -0.456 e. The number of hydrogen-bond acceptors (Lipinski definition) is 6. The zero-order valence-electron chi connectivity index (χ0n) is 54.6. The van der Waals surface area contributed by atoms with Gasteiger partial charge in [-0.05, 0) is 166 Å². The maximum atomic E-state index is 6.54. The number of furan rings is 4. The second-order valence-corrected chi connectivity index (χ2v) is 26.6. The van der Waals surface area contributed by atoms with E-state index in [9.17, 15) is 0 Å². The van der Waals surface area contributed by atoms with Crippen molar-refractivity contribution >= 4 is 131 Å². The van der Waals surface area contributed by atoms with E-state index >= 15 is 0 Å². The molecule has 0 spiro atoms. The SMILES string of the molecule is c1ccc(-c2cc(-c3ccccc3)nc(-c3cc(-n4c5ccc(-c6cccc7oc8ccccc8c67)cc5c5cc(-c6cccc7oc8ccccc8c67)ccc54)cc(-n4c5ccc(-c6cccc7oc8ccccc8c67)cc5c5cc(-c6cccc7oc8ccccc8c67)ccc54)c3)n2)cc1. The van der Waals surface area contributed by atoms with Crippen molar-refractivity contribution in [2.45, 2.75) is 0 Å². The summed E-state index contributed by atoms with van der Waals surface area (Å²) in [7, 11) is 0. The fraction of sp³-hybridized carbons (Fsp3) is 0. The predicted octanol–water partition coefficient (Wildman–Crippen LogP) is 25.9. The van der Waals surface area contributed by atoms with Crippen LogP contribution >= 0.6 is 0 Å². The highest BCUT2D eigenvalue weighted by Gasteiger charge is 2.25. The van der Waals surface area contributed by atoms with E-state index in [1.807, 2.05) is 36.4 Å². The molecule has 8 nitrogen and oxygen atoms in total. The molecule has 0 aliphatic heterocycles. The first-order valence-electron chi connectivity index (χ1n) is 34.5. The Hall–Kier alpha value is -13.8. The van der Waals surface area contributed by atoms with Gasteiger partial charge in [-0.2, -0.15) is 0 Å². The summed E-state index contributed by atoms with van der Waals surface area (Å²) in [5.74, 6) is 0.593. The molecule has 102 heavy (non-hydrogen) atoms. The zero-order chi connectivity index (χ0) is 66.7. The van der Waals surface area contributed by atoms with Crippen molar-refractivity contribution in [1.29, 1.82) is 0 Å². The number of para-hydroxylation sites is 4. The lowest BCUT2D eigenvalue weighted by molar-refractivity contribution is 0.668. The third-order valence-corrected chi connectivity index (χ3v) is 20.9. The Morgan fingerprint density at radius 2 is 0.480 bits per heavy atom. The van der Waals surface area contributed by atoms with Gasteiger partial charge >= 0.3 is 0 Å². The van der Waals surface area contributed by atoms with E-state index in [4.69, 9.17) is 27.6 Å². The molecular weight excluding hydrogens is 1250 g/mol. The van der Waals surface area contributed by atoms with Gasteiger partial charge in [-0.3, -0.25) is 0 Å². The summed E-state index contributed by atoms with van der Waals surface area (Å²) in [5, 5.41) is 13.1. The van der Waals surface area contributed by atoms with Crippen LogP contribution in [0.5, 0.6) is 0 Å². The van der Waals surface area contributed by atoms with Crippen LogP contribution in [0, 0.1) is 0 Å². The van der Waals surface area contributed by atoms with Gasteiger partial charge in [0.25, 0.3) is 0 Å². The highest BCUT2D eigenvalue weighted by atomic mass is 16.3. The highest BCUT2D eigenvalue weighted by Crippen LogP contribution is 2.47. The average molecular weight is 1300 g/mol. The highest BCUT2D eigenvalue weighted by molar-refractivity contribution is 6.20. The lowest BCUT2D eigenvalue weighted by Crippen LogP contribution is -2.02. The monoisotopic (exact) mass is 1300 g/mol. The molecule has 0 aliphatic carbocycles. The van der Waals surface area contributed by atoms with Gasteiger partial charge < -0.3 is 26.8 Å². The maximum absolute atomic E-state index is 6.54. The van der Waals surface area contributed by atoms with E-state index in [-0.39, 0.29) is 0 Å². The fourth-order valence-electron chi connectivity index (χ4n) is 16.4. The largest absolute Gasteiger partial charge is 0.456 e. The number of benzene rings is 15. The van der Waals surface area contributed by atoms with E-state index in [0.29, 0.717) is 5.82 Å². The predicted molar refractivity (Wildman–Crippen MR) is 418 cm³/mol. The minimum atomic E-state index is 0.593. The average Bonchev–Trinajstić information content (AvgIpc) is 1.56. The molecule has 22 rings (SSSR count). The molecule has 474 valence electrons. The van der Waals surface area contributed by atoms with Crippen molar-refractivity contribution in [2.75, 3.05) is 0 Å². The van der Waals surface area contributed by atoms with Crippen molar-refractivity contribution in [2.24, 2.45) is 0 Å². The Kier molecular flexibility index (Phi) is 12.0. The standard InChI is InChI=1S/C94H54N4O4/c1-3-19-55(20-4-1)76-54-77(56-21-5-2-6-22-56)96-94(95-76)61-47-62(97-78-43-39-57(64-27-15-35-86-90(64)68-23-7-11-31-82(68)99-86)49-72(78)73-50-58(40-44-79(73)97)65-28-16-36-87-91(65)69-24-8-12-32-83(69)100-87)53-63(48-61)98-80-45-41-59(66-29-17-37-88-92(66)70-25-9-13-33-84(70)101-88)51-74(80)75-52-60(42-46-81(75)98)67-30-18-38-89-93(67)71-26-10-14-34-85(71)102-89/h1-54H. The summed E-state index contributed by atoms with van der Waals surface area (Å²) in [6.45, 7) is 0. The molecule has 0 aliphatic rings. The quantitative estimate of drug-likeness (QED) is 0.143. The number of rotatable bonds is 9. The zero-order valence-corrected chi connectivity index (χ0v) is 54.6. The molecule has 0 saturated carbocycles. The summed E-state index contributed by atoms with van der Waals surface area (Å²) in [5.41, 5.74) is 26.1. The van der Waals surface area contributed by atoms with Crippen molar-refractivity contribution in [3.8, 4) is 89.8 Å². The number of aromatic nitrogens is 4. The molecule has 7 heterocycles. The first-order valence-corrected chi connectivity index (χ1v) is 34.5. The summed E-state index contributed by atoms with van der Waals surface area (Å²) in [6, 6.07) is 117. The van der Waals surface area contributed by atoms with Gasteiger partial charge in [-0.25, -0.2) is 9.97 Å². The Morgan fingerprint density at radius 1 is 0.196 bits per heavy atom. The Morgan fingerprint density at radius 3 is 0.794 bits per heavy atom. The molecule has 7 aromatic heterocycles. The van der Waals surface area contributed by atoms with Crippen LogP contribution in [0.4, 0.5) is 0 Å². The smallest absolute Gasteiger partial charge is 0.160 e. The summed E-state index contributed by atoms with van der Waals surface area (Å²) in [4.78, 5) is 11.2. The Bertz CT molecular complexity index is 6500. The molecule has 0 unspecified atom stereocenters. The Balaban J connectivity index is 0.836. The number of nitrogens with zero attached hydrogens (tertiary/aromatic N) is 4. The second-order valence-electron chi connectivity index (χ2n) is 26.6. The molecule has 0 N–H and O–H groups in total. The van der Waals surface area contributed by atoms with Gasteiger partial charge in [0.05, 0.1) is 33.5 Å². The van der Waals surface area contributed by atoms with Gasteiger partial charge in [0.15, 0.2) is 5.82 Å². The van der Waals surface area contributed by atoms with E-state index in [1.165, 1.54) is 0 Å². The van der Waals surface area contributed by atoms with Crippen LogP contribution in [-0.4, -0.2) is 19.1 Å². The minimum absolute atomic E-state index is 0.593. The maximum Gasteiger partial charge on any atom is 0.160 e. The van der Waals surface area contributed by atoms with Gasteiger partial charge in [-0.15, -0.1) is 0 Å². The molecular formula is C94H54N4O4. The Labute approximate surface area is 582 Å². The van der Waals surface area contributed by atoms with Crippen LogP contribution in [0.2, 0.25) is 0 Å². The lowest BCUT2D eigenvalue weighted by atomic mass is 9.96. The first kappa shape index (κ1) is 56.2. The normalized spacial score (nSPS) is 12.1. The fourth-order valence-corrected chi connectivity index (χ4v) is 16.4. The second kappa shape index (κ2) is 21.8. The van der Waals surface area contributed by atoms with Gasteiger partial charge in [0.1, 0.15) is 44.7 Å². The lowest BCUT2D eigenvalue weighted by Gasteiger charge is -2.17. The molecule has 22 aromatic rings. The molecule has 0 radical (unpaired) electrons. The number of fused-ring (bicyclic) bond motifs is 18. The molecule has 0 saturated heterocycles. The van der Waals surface area contributed by atoms with Crippen LogP contribution in [0.3, 0.4) is 0 Å². The first-order chi connectivity index (χ1) is 50.5. The van der Waals surface area contributed by atoms with Crippen molar-refractivity contribution in [3.05, 3.63) is 328 Å². The van der Waals surface area contributed by atoms with Gasteiger partial charge in [0, 0.05) is 92.7 Å². The summed E-state index contributed by atoms with van der Waals surface area (Å²) < 4.78 is 31.1. The van der Waals surface area contributed by atoms with E-state index in [2.05, 4.69) is 300 Å². The van der Waals surface area contributed by atoms with Gasteiger partial charge in [-0.1, -0.05) is 206 Å². The molecule has 0 atom stereocenters. The van der Waals surface area contributed by atoms with Crippen LogP contribution in [0.1, 0.15) is 0 Å². The molecule has 0 fully saturated rings. The number of hydrogen-bond donors (Lipinski definition) is 0. The van der Waals surface area contributed by atoms with Crippen molar-refractivity contribution in [1.82, 2.24) is 19.1 Å². The van der Waals surface area contributed by atoms with Crippen molar-refractivity contribution < 1.29 is 17.7 Å². The molecule has 15 aromatic carbocycles. The van der Waals surface area contributed by atoms with Crippen LogP contribution in [0.15, 0.2) is 345 Å². The van der Waals surface area contributed by atoms with E-state index in [1.54, 1.807) is 0 Å². The summed E-state index contributed by atoms with van der Waals surface area (Å²) in [6.07, 6.45) is 0. The topological polar surface area (TPSA) is 88.2 Å². The molecule has 0 bridgehead atoms. The van der Waals surface area contributed by atoms with E-state index < -0.39 is 0 Å². The van der Waals surface area contributed by atoms with Gasteiger partial charge in [0.2, 0.25) is 0 Å².